The molecule has 0 saturated carbocycles. The Kier molecular flexibility index (Phi) is 4.79. The summed E-state index contributed by atoms with van der Waals surface area (Å²) >= 11 is 0. The molecule has 1 aromatic heterocycles. The molecule has 0 aliphatic rings. The fourth-order valence-corrected chi connectivity index (χ4v) is 2.43. The van der Waals surface area contributed by atoms with E-state index in [2.05, 4.69) is 42.6 Å². The number of nitrogens with one attached hydrogen (secondary N) is 1. The quantitative estimate of drug-likeness (QED) is 0.879. The number of methoxy groups -OCH3 is 1. The van der Waals surface area contributed by atoms with Crippen molar-refractivity contribution in [3.05, 3.63) is 47.3 Å². The van der Waals surface area contributed by atoms with Gasteiger partial charge in [-0.2, -0.15) is 5.10 Å². The molecule has 1 unspecified atom stereocenters. The van der Waals surface area contributed by atoms with E-state index in [0.29, 0.717) is 0 Å². The van der Waals surface area contributed by atoms with Crippen molar-refractivity contribution in [2.24, 2.45) is 0 Å². The molecule has 1 heterocycles. The molecule has 1 atom stereocenters. The van der Waals surface area contributed by atoms with E-state index in [1.807, 2.05) is 24.0 Å². The van der Waals surface area contributed by atoms with Crippen molar-refractivity contribution < 1.29 is 4.74 Å². The molecule has 108 valence electrons. The lowest BCUT2D eigenvalue weighted by Gasteiger charge is -2.17. The van der Waals surface area contributed by atoms with Gasteiger partial charge >= 0.3 is 0 Å². The third-order valence-electron chi connectivity index (χ3n) is 3.62. The second-order valence-electron chi connectivity index (χ2n) is 4.98. The highest BCUT2D eigenvalue weighted by molar-refractivity contribution is 5.37. The van der Waals surface area contributed by atoms with Crippen molar-refractivity contribution in [3.8, 4) is 5.75 Å². The zero-order chi connectivity index (χ0) is 14.5. The summed E-state index contributed by atoms with van der Waals surface area (Å²) in [4.78, 5) is 0. The van der Waals surface area contributed by atoms with E-state index < -0.39 is 0 Å². The van der Waals surface area contributed by atoms with Gasteiger partial charge in [-0.3, -0.25) is 4.68 Å². The molecule has 0 saturated heterocycles. The maximum Gasteiger partial charge on any atom is 0.121 e. The van der Waals surface area contributed by atoms with Gasteiger partial charge in [0.05, 0.1) is 13.3 Å². The monoisotopic (exact) mass is 273 g/mol. The number of benzene rings is 1. The summed E-state index contributed by atoms with van der Waals surface area (Å²) in [7, 11) is 3.70. The molecule has 0 fully saturated rings. The van der Waals surface area contributed by atoms with Crippen LogP contribution in [-0.2, 0) is 13.0 Å². The molecule has 4 heteroatoms. The van der Waals surface area contributed by atoms with Crippen LogP contribution in [0, 0.1) is 6.92 Å². The molecule has 0 aliphatic heterocycles. The minimum absolute atomic E-state index is 0.286. The number of aryl methyl sites for hydroxylation is 2. The van der Waals surface area contributed by atoms with Gasteiger partial charge in [-0.25, -0.2) is 0 Å². The summed E-state index contributed by atoms with van der Waals surface area (Å²) in [6.45, 7) is 5.08. The molecule has 2 rings (SSSR count). The smallest absolute Gasteiger partial charge is 0.121 e. The fraction of sp³-hybridized carbons (Fsp3) is 0.438. The van der Waals surface area contributed by atoms with Crippen LogP contribution in [-0.4, -0.2) is 23.9 Å². The van der Waals surface area contributed by atoms with E-state index >= 15 is 0 Å². The normalized spacial score (nSPS) is 12.4. The van der Waals surface area contributed by atoms with Crippen molar-refractivity contribution in [2.45, 2.75) is 32.9 Å². The molecule has 0 radical (unpaired) electrons. The van der Waals surface area contributed by atoms with Crippen molar-refractivity contribution in [3.63, 3.8) is 0 Å². The molecule has 0 bridgehead atoms. The Morgan fingerprint density at radius 1 is 1.40 bits per heavy atom. The maximum absolute atomic E-state index is 5.32. The number of ether oxygens (including phenoxy) is 1. The van der Waals surface area contributed by atoms with Crippen molar-refractivity contribution >= 4 is 0 Å². The number of aromatic nitrogens is 2. The maximum atomic E-state index is 5.32. The zero-order valence-electron chi connectivity index (χ0n) is 12.7. The average Bonchev–Trinajstić information content (AvgIpc) is 2.92. The number of hydrogen-bond acceptors (Lipinski definition) is 3. The first kappa shape index (κ1) is 14.6. The summed E-state index contributed by atoms with van der Waals surface area (Å²) in [6.07, 6.45) is 4.99. The number of hydrogen-bond donors (Lipinski definition) is 1. The number of likely N-dealkylation sites (N-methyl/N-ethyl adjacent to an activating group) is 1. The highest BCUT2D eigenvalue weighted by Gasteiger charge is 2.12. The molecule has 20 heavy (non-hydrogen) atoms. The van der Waals surface area contributed by atoms with Crippen LogP contribution in [0.4, 0.5) is 0 Å². The molecular weight excluding hydrogens is 250 g/mol. The lowest BCUT2D eigenvalue weighted by molar-refractivity contribution is 0.411. The van der Waals surface area contributed by atoms with Gasteiger partial charge in [0.15, 0.2) is 0 Å². The predicted molar refractivity (Wildman–Crippen MR) is 81.1 cm³/mol. The van der Waals surface area contributed by atoms with Crippen LogP contribution in [0.25, 0.3) is 0 Å². The first-order valence-electron chi connectivity index (χ1n) is 7.01. The first-order chi connectivity index (χ1) is 9.67. The van der Waals surface area contributed by atoms with Gasteiger partial charge in [0.2, 0.25) is 0 Å². The lowest BCUT2D eigenvalue weighted by atomic mass is 9.99. The van der Waals surface area contributed by atoms with Crippen molar-refractivity contribution in [1.29, 1.82) is 0 Å². The second-order valence-corrected chi connectivity index (χ2v) is 4.98. The molecule has 0 spiro atoms. The zero-order valence-corrected chi connectivity index (χ0v) is 12.7. The molecule has 0 aliphatic carbocycles. The standard InChI is InChI=1S/C16H23N3O/c1-5-19-11-13(10-18-19)9-15(17-3)14-6-7-16(20-4)12(2)8-14/h6-8,10-11,15,17H,5,9H2,1-4H3. The molecule has 4 nitrogen and oxygen atoms in total. The summed E-state index contributed by atoms with van der Waals surface area (Å²) in [5, 5.41) is 7.71. The Morgan fingerprint density at radius 3 is 2.75 bits per heavy atom. The summed E-state index contributed by atoms with van der Waals surface area (Å²) in [6, 6.07) is 6.63. The molecule has 2 aromatic rings. The van der Waals surface area contributed by atoms with Crippen molar-refractivity contribution in [1.82, 2.24) is 15.1 Å². The van der Waals surface area contributed by atoms with Gasteiger partial charge in [0.1, 0.15) is 5.75 Å². The van der Waals surface area contributed by atoms with E-state index in [1.54, 1.807) is 7.11 Å². The van der Waals surface area contributed by atoms with E-state index in [9.17, 15) is 0 Å². The van der Waals surface area contributed by atoms with E-state index in [-0.39, 0.29) is 6.04 Å². The Labute approximate surface area is 120 Å². The average molecular weight is 273 g/mol. The lowest BCUT2D eigenvalue weighted by Crippen LogP contribution is -2.18. The van der Waals surface area contributed by atoms with Crippen LogP contribution < -0.4 is 10.1 Å². The highest BCUT2D eigenvalue weighted by Crippen LogP contribution is 2.24. The van der Waals surface area contributed by atoms with Gasteiger partial charge < -0.3 is 10.1 Å². The Balaban J connectivity index is 2.17. The van der Waals surface area contributed by atoms with E-state index in [1.165, 1.54) is 11.1 Å². The minimum atomic E-state index is 0.286. The third-order valence-corrected chi connectivity index (χ3v) is 3.62. The summed E-state index contributed by atoms with van der Waals surface area (Å²) in [5.41, 5.74) is 3.68. The molecular formula is C16H23N3O. The summed E-state index contributed by atoms with van der Waals surface area (Å²) < 4.78 is 7.28. The topological polar surface area (TPSA) is 39.1 Å². The SMILES string of the molecule is CCn1cc(CC(NC)c2ccc(OC)c(C)c2)cn1. The van der Waals surface area contributed by atoms with Crippen molar-refractivity contribution in [2.75, 3.05) is 14.2 Å². The number of nitrogens with zero attached hydrogens (tertiary/aromatic N) is 2. The summed E-state index contributed by atoms with van der Waals surface area (Å²) in [5.74, 6) is 0.933. The first-order valence-corrected chi connectivity index (χ1v) is 7.01. The van der Waals surface area contributed by atoms with Crippen LogP contribution in [0.2, 0.25) is 0 Å². The van der Waals surface area contributed by atoms with Gasteiger partial charge in [-0.15, -0.1) is 0 Å². The van der Waals surface area contributed by atoms with Gasteiger partial charge in [-0.05, 0) is 50.1 Å². The molecule has 1 N–H and O–H groups in total. The fourth-order valence-electron chi connectivity index (χ4n) is 2.43. The largest absolute Gasteiger partial charge is 0.496 e. The molecule has 0 amide bonds. The molecule has 1 aromatic carbocycles. The Morgan fingerprint density at radius 2 is 2.20 bits per heavy atom. The van der Waals surface area contributed by atoms with Gasteiger partial charge in [0, 0.05) is 18.8 Å². The van der Waals surface area contributed by atoms with Gasteiger partial charge in [-0.1, -0.05) is 12.1 Å². The van der Waals surface area contributed by atoms with Crippen LogP contribution >= 0.6 is 0 Å². The van der Waals surface area contributed by atoms with E-state index in [4.69, 9.17) is 4.74 Å². The Hall–Kier alpha value is -1.81. The van der Waals surface area contributed by atoms with Crippen LogP contribution in [0.3, 0.4) is 0 Å². The number of rotatable bonds is 6. The van der Waals surface area contributed by atoms with Crippen LogP contribution in [0.5, 0.6) is 5.75 Å². The second kappa shape index (κ2) is 6.57. The Bertz CT molecular complexity index is 563. The highest BCUT2D eigenvalue weighted by atomic mass is 16.5. The van der Waals surface area contributed by atoms with Gasteiger partial charge in [0.25, 0.3) is 0 Å². The third kappa shape index (κ3) is 3.20. The predicted octanol–water partition coefficient (Wildman–Crippen LogP) is 2.72. The minimum Gasteiger partial charge on any atom is -0.496 e. The van der Waals surface area contributed by atoms with E-state index in [0.717, 1.165) is 24.3 Å². The van der Waals surface area contributed by atoms with Crippen LogP contribution in [0.15, 0.2) is 30.6 Å². The van der Waals surface area contributed by atoms with Crippen LogP contribution in [0.1, 0.15) is 29.7 Å².